The van der Waals surface area contributed by atoms with E-state index in [1.165, 1.54) is 25.7 Å². The highest BCUT2D eigenvalue weighted by atomic mass is 16.6. The molecule has 1 heterocycles. The molecular formula is C14H26N2O3. The van der Waals surface area contributed by atoms with Gasteiger partial charge in [0.05, 0.1) is 6.10 Å². The molecule has 0 unspecified atom stereocenters. The Bertz CT molecular complexity index is 272. The van der Waals surface area contributed by atoms with Crippen LogP contribution in [0.4, 0.5) is 4.79 Å². The third kappa shape index (κ3) is 5.37. The minimum absolute atomic E-state index is 0.0171. The van der Waals surface area contributed by atoms with E-state index in [0.29, 0.717) is 6.10 Å². The predicted octanol–water partition coefficient (Wildman–Crippen LogP) is 1.90. The van der Waals surface area contributed by atoms with Gasteiger partial charge in [-0.15, -0.1) is 0 Å². The van der Waals surface area contributed by atoms with Gasteiger partial charge in [0.1, 0.15) is 6.10 Å². The van der Waals surface area contributed by atoms with Crippen LogP contribution < -0.4 is 5.73 Å². The maximum absolute atomic E-state index is 10.7. The summed E-state index contributed by atoms with van der Waals surface area (Å²) in [6, 6.07) is 0. The number of nitrogens with two attached hydrogens (primary N) is 1. The number of ether oxygens (including phenoxy) is 2. The fraction of sp³-hybridized carbons (Fsp3) is 0.929. The first-order valence-electron chi connectivity index (χ1n) is 7.54. The maximum Gasteiger partial charge on any atom is 0.404 e. The van der Waals surface area contributed by atoms with E-state index in [1.54, 1.807) is 0 Å². The Morgan fingerprint density at radius 2 is 1.79 bits per heavy atom. The van der Waals surface area contributed by atoms with E-state index in [4.69, 9.17) is 15.2 Å². The van der Waals surface area contributed by atoms with Crippen molar-refractivity contribution in [1.29, 1.82) is 0 Å². The summed E-state index contributed by atoms with van der Waals surface area (Å²) in [6.07, 6.45) is 7.93. The van der Waals surface area contributed by atoms with E-state index in [1.807, 2.05) is 0 Å². The van der Waals surface area contributed by atoms with Crippen molar-refractivity contribution < 1.29 is 14.3 Å². The average molecular weight is 270 g/mol. The number of hydrogen-bond acceptors (Lipinski definition) is 4. The SMILES string of the molecule is NC(=O)OC1CCN(CCCOC2CCCC2)CC1. The molecule has 1 aliphatic carbocycles. The molecule has 0 aromatic carbocycles. The second-order valence-electron chi connectivity index (χ2n) is 5.61. The van der Waals surface area contributed by atoms with E-state index in [2.05, 4.69) is 4.90 Å². The molecule has 19 heavy (non-hydrogen) atoms. The van der Waals surface area contributed by atoms with Crippen molar-refractivity contribution in [2.45, 2.75) is 57.2 Å². The summed E-state index contributed by atoms with van der Waals surface area (Å²) in [4.78, 5) is 13.1. The molecule has 2 rings (SSSR count). The van der Waals surface area contributed by atoms with E-state index in [9.17, 15) is 4.79 Å². The first-order valence-corrected chi connectivity index (χ1v) is 7.54. The molecule has 2 N–H and O–H groups in total. The number of hydrogen-bond donors (Lipinski definition) is 1. The smallest absolute Gasteiger partial charge is 0.404 e. The van der Waals surface area contributed by atoms with Gasteiger partial charge < -0.3 is 20.1 Å². The number of likely N-dealkylation sites (tertiary alicyclic amines) is 1. The maximum atomic E-state index is 10.7. The fourth-order valence-corrected chi connectivity index (χ4v) is 3.01. The lowest BCUT2D eigenvalue weighted by Crippen LogP contribution is -2.39. The zero-order valence-electron chi connectivity index (χ0n) is 11.7. The molecule has 1 aliphatic heterocycles. The Labute approximate surface area is 115 Å². The van der Waals surface area contributed by atoms with Crippen LogP contribution in [0.5, 0.6) is 0 Å². The van der Waals surface area contributed by atoms with E-state index < -0.39 is 6.09 Å². The average Bonchev–Trinajstić information content (AvgIpc) is 2.89. The van der Waals surface area contributed by atoms with E-state index in [0.717, 1.165) is 45.5 Å². The van der Waals surface area contributed by atoms with Crippen LogP contribution in [-0.2, 0) is 9.47 Å². The van der Waals surface area contributed by atoms with Gasteiger partial charge in [0.2, 0.25) is 0 Å². The summed E-state index contributed by atoms with van der Waals surface area (Å²) in [5, 5.41) is 0. The van der Waals surface area contributed by atoms with E-state index in [-0.39, 0.29) is 6.10 Å². The first-order chi connectivity index (χ1) is 9.24. The predicted molar refractivity (Wildman–Crippen MR) is 73.0 cm³/mol. The molecular weight excluding hydrogens is 244 g/mol. The second-order valence-corrected chi connectivity index (χ2v) is 5.61. The lowest BCUT2D eigenvalue weighted by Gasteiger charge is -2.31. The Morgan fingerprint density at radius 3 is 2.42 bits per heavy atom. The Hall–Kier alpha value is -0.810. The van der Waals surface area contributed by atoms with Gasteiger partial charge in [-0.25, -0.2) is 4.79 Å². The molecule has 0 aromatic heterocycles. The lowest BCUT2D eigenvalue weighted by atomic mass is 10.1. The molecule has 5 nitrogen and oxygen atoms in total. The van der Waals surface area contributed by atoms with Gasteiger partial charge in [-0.1, -0.05) is 12.8 Å². The summed E-state index contributed by atoms with van der Waals surface area (Å²) >= 11 is 0. The van der Waals surface area contributed by atoms with Gasteiger partial charge in [0, 0.05) is 26.2 Å². The zero-order chi connectivity index (χ0) is 13.5. The molecule has 1 saturated heterocycles. The molecule has 0 bridgehead atoms. The van der Waals surface area contributed by atoms with Crippen LogP contribution in [0.15, 0.2) is 0 Å². The Kier molecular flexibility index (Phi) is 5.92. The lowest BCUT2D eigenvalue weighted by molar-refractivity contribution is 0.0376. The Morgan fingerprint density at radius 1 is 1.11 bits per heavy atom. The normalized spacial score (nSPS) is 22.7. The first kappa shape index (κ1) is 14.6. The highest BCUT2D eigenvalue weighted by Gasteiger charge is 2.21. The summed E-state index contributed by atoms with van der Waals surface area (Å²) < 4.78 is 10.9. The van der Waals surface area contributed by atoms with Gasteiger partial charge in [0.15, 0.2) is 0 Å². The molecule has 0 spiro atoms. The highest BCUT2D eigenvalue weighted by molar-refractivity contribution is 5.64. The van der Waals surface area contributed by atoms with Crippen LogP contribution in [0.25, 0.3) is 0 Å². The zero-order valence-corrected chi connectivity index (χ0v) is 11.7. The number of rotatable bonds is 6. The molecule has 1 amide bonds. The van der Waals surface area contributed by atoms with Gasteiger partial charge in [0.25, 0.3) is 0 Å². The Balaban J connectivity index is 1.49. The van der Waals surface area contributed by atoms with Crippen LogP contribution in [0, 0.1) is 0 Å². The quantitative estimate of drug-likeness (QED) is 0.749. The van der Waals surface area contributed by atoms with Crippen LogP contribution in [-0.4, -0.2) is 49.4 Å². The van der Waals surface area contributed by atoms with Gasteiger partial charge in [-0.05, 0) is 32.1 Å². The number of nitrogens with zero attached hydrogens (tertiary/aromatic N) is 1. The van der Waals surface area contributed by atoms with Crippen molar-refractivity contribution in [1.82, 2.24) is 4.90 Å². The topological polar surface area (TPSA) is 64.8 Å². The molecule has 5 heteroatoms. The fourth-order valence-electron chi connectivity index (χ4n) is 3.01. The third-order valence-electron chi connectivity index (χ3n) is 4.09. The highest BCUT2D eigenvalue weighted by Crippen LogP contribution is 2.21. The second kappa shape index (κ2) is 7.70. The van der Waals surface area contributed by atoms with Crippen LogP contribution in [0.2, 0.25) is 0 Å². The van der Waals surface area contributed by atoms with Gasteiger partial charge in [-0.2, -0.15) is 0 Å². The molecule has 110 valence electrons. The summed E-state index contributed by atoms with van der Waals surface area (Å²) in [5.41, 5.74) is 5.02. The summed E-state index contributed by atoms with van der Waals surface area (Å²) in [7, 11) is 0. The van der Waals surface area contributed by atoms with Crippen molar-refractivity contribution in [2.75, 3.05) is 26.2 Å². The largest absolute Gasteiger partial charge is 0.446 e. The molecule has 0 aromatic rings. The van der Waals surface area contributed by atoms with Crippen molar-refractivity contribution >= 4 is 6.09 Å². The molecule has 1 saturated carbocycles. The molecule has 2 fully saturated rings. The number of piperidine rings is 1. The van der Waals surface area contributed by atoms with Crippen molar-refractivity contribution in [3.63, 3.8) is 0 Å². The van der Waals surface area contributed by atoms with E-state index >= 15 is 0 Å². The number of amides is 1. The minimum atomic E-state index is -0.650. The standard InChI is InChI=1S/C14H26N2O3/c15-14(17)19-13-6-9-16(10-7-13)8-3-11-18-12-4-1-2-5-12/h12-13H,1-11H2,(H2,15,17). The van der Waals surface area contributed by atoms with Crippen LogP contribution in [0.3, 0.4) is 0 Å². The van der Waals surface area contributed by atoms with Gasteiger partial charge >= 0.3 is 6.09 Å². The monoisotopic (exact) mass is 270 g/mol. The van der Waals surface area contributed by atoms with Crippen molar-refractivity contribution in [2.24, 2.45) is 5.73 Å². The van der Waals surface area contributed by atoms with Crippen molar-refractivity contribution in [3.8, 4) is 0 Å². The summed E-state index contributed by atoms with van der Waals surface area (Å²) in [6.45, 7) is 3.93. The van der Waals surface area contributed by atoms with Crippen LogP contribution >= 0.6 is 0 Å². The van der Waals surface area contributed by atoms with Crippen molar-refractivity contribution in [3.05, 3.63) is 0 Å². The number of primary amides is 1. The third-order valence-corrected chi connectivity index (χ3v) is 4.09. The van der Waals surface area contributed by atoms with Gasteiger partial charge in [-0.3, -0.25) is 0 Å². The molecule has 2 aliphatic rings. The molecule has 0 atom stereocenters. The summed E-state index contributed by atoms with van der Waals surface area (Å²) in [5.74, 6) is 0. The van der Waals surface area contributed by atoms with Crippen LogP contribution in [0.1, 0.15) is 44.9 Å². The number of carbonyl (C=O) groups excluding carboxylic acids is 1. The molecule has 0 radical (unpaired) electrons. The number of carbonyl (C=O) groups is 1. The minimum Gasteiger partial charge on any atom is -0.446 e.